The van der Waals surface area contributed by atoms with E-state index in [1.165, 1.54) is 11.3 Å². The van der Waals surface area contributed by atoms with Gasteiger partial charge in [-0.05, 0) is 24.5 Å². The van der Waals surface area contributed by atoms with Gasteiger partial charge in [-0.1, -0.05) is 18.2 Å². The first kappa shape index (κ1) is 16.3. The van der Waals surface area contributed by atoms with Crippen molar-refractivity contribution in [3.8, 4) is 0 Å². The summed E-state index contributed by atoms with van der Waals surface area (Å²) < 4.78 is 5.39. The summed E-state index contributed by atoms with van der Waals surface area (Å²) in [6.45, 7) is 6.60. The number of hydrogen-bond acceptors (Lipinski definition) is 6. The number of anilines is 3. The molecule has 2 aromatic rings. The van der Waals surface area contributed by atoms with E-state index < -0.39 is 0 Å². The van der Waals surface area contributed by atoms with E-state index in [2.05, 4.69) is 55.4 Å². The highest BCUT2D eigenvalue weighted by Gasteiger charge is 2.19. The molecule has 1 aromatic heterocycles. The van der Waals surface area contributed by atoms with E-state index in [9.17, 15) is 0 Å². The highest BCUT2D eigenvalue weighted by atomic mass is 16.5. The molecule has 25 heavy (non-hydrogen) atoms. The predicted molar refractivity (Wildman–Crippen MR) is 99.5 cm³/mol. The number of aryl methyl sites for hydroxylation is 1. The van der Waals surface area contributed by atoms with Gasteiger partial charge in [0.25, 0.3) is 0 Å². The van der Waals surface area contributed by atoms with Crippen LogP contribution in [0.25, 0.3) is 0 Å². The zero-order valence-corrected chi connectivity index (χ0v) is 14.5. The Kier molecular flexibility index (Phi) is 5.09. The number of nitrogens with one attached hydrogen (secondary N) is 1. The van der Waals surface area contributed by atoms with Gasteiger partial charge in [0.1, 0.15) is 18.0 Å². The van der Waals surface area contributed by atoms with E-state index in [0.29, 0.717) is 0 Å². The summed E-state index contributed by atoms with van der Waals surface area (Å²) in [5, 5.41) is 3.44. The number of benzene rings is 1. The van der Waals surface area contributed by atoms with Crippen LogP contribution in [0.15, 0.2) is 36.7 Å². The first-order valence-corrected chi connectivity index (χ1v) is 9.11. The Morgan fingerprint density at radius 1 is 1.08 bits per heavy atom. The van der Waals surface area contributed by atoms with Gasteiger partial charge in [0.05, 0.1) is 13.2 Å². The molecule has 0 bridgehead atoms. The minimum Gasteiger partial charge on any atom is -0.379 e. The van der Waals surface area contributed by atoms with Crippen LogP contribution in [0.3, 0.4) is 0 Å². The molecule has 0 saturated carbocycles. The van der Waals surface area contributed by atoms with Crippen molar-refractivity contribution >= 4 is 17.3 Å². The Morgan fingerprint density at radius 2 is 1.96 bits per heavy atom. The van der Waals surface area contributed by atoms with Crippen molar-refractivity contribution in [1.82, 2.24) is 14.9 Å². The van der Waals surface area contributed by atoms with Crippen LogP contribution in [-0.2, 0) is 11.2 Å². The molecule has 0 atom stereocenters. The number of aromatic nitrogens is 2. The van der Waals surface area contributed by atoms with Crippen molar-refractivity contribution in [3.05, 3.63) is 42.2 Å². The van der Waals surface area contributed by atoms with E-state index in [1.54, 1.807) is 6.33 Å². The Labute approximate surface area is 148 Å². The highest BCUT2D eigenvalue weighted by Crippen LogP contribution is 2.32. The van der Waals surface area contributed by atoms with Gasteiger partial charge in [0.15, 0.2) is 0 Å². The van der Waals surface area contributed by atoms with E-state index in [0.717, 1.165) is 70.4 Å². The van der Waals surface area contributed by atoms with Crippen LogP contribution in [0.5, 0.6) is 0 Å². The van der Waals surface area contributed by atoms with Gasteiger partial charge in [0.2, 0.25) is 0 Å². The standard InChI is InChI=1S/C19H25N5O/c1-2-6-17-16(4-1)5-3-8-24(17)19-14-18(21-15-22-19)20-7-9-23-10-12-25-13-11-23/h1-2,4,6,14-15H,3,5,7-13H2,(H,20,21,22). The molecular weight excluding hydrogens is 314 g/mol. The lowest BCUT2D eigenvalue weighted by atomic mass is 10.0. The summed E-state index contributed by atoms with van der Waals surface area (Å²) in [6, 6.07) is 10.7. The second-order valence-corrected chi connectivity index (χ2v) is 6.53. The van der Waals surface area contributed by atoms with Crippen molar-refractivity contribution < 1.29 is 4.74 Å². The van der Waals surface area contributed by atoms with Crippen LogP contribution in [0, 0.1) is 0 Å². The Morgan fingerprint density at radius 3 is 2.88 bits per heavy atom. The maximum Gasteiger partial charge on any atom is 0.138 e. The van der Waals surface area contributed by atoms with Crippen LogP contribution in [0.4, 0.5) is 17.3 Å². The summed E-state index contributed by atoms with van der Waals surface area (Å²) in [4.78, 5) is 13.6. The largest absolute Gasteiger partial charge is 0.379 e. The molecule has 0 spiro atoms. The summed E-state index contributed by atoms with van der Waals surface area (Å²) in [5.74, 6) is 1.86. The summed E-state index contributed by atoms with van der Waals surface area (Å²) in [6.07, 6.45) is 3.95. The minimum absolute atomic E-state index is 0.839. The van der Waals surface area contributed by atoms with Crippen LogP contribution < -0.4 is 10.2 Å². The third-order valence-corrected chi connectivity index (χ3v) is 4.88. The fraction of sp³-hybridized carbons (Fsp3) is 0.474. The number of fused-ring (bicyclic) bond motifs is 1. The molecule has 0 amide bonds. The number of ether oxygens (including phenoxy) is 1. The molecule has 132 valence electrons. The quantitative estimate of drug-likeness (QED) is 0.902. The molecule has 0 radical (unpaired) electrons. The normalized spacial score (nSPS) is 18.0. The summed E-state index contributed by atoms with van der Waals surface area (Å²) >= 11 is 0. The molecule has 4 rings (SSSR count). The number of para-hydroxylation sites is 1. The van der Waals surface area contributed by atoms with Crippen molar-refractivity contribution in [2.75, 3.05) is 56.2 Å². The first-order chi connectivity index (χ1) is 12.4. The van der Waals surface area contributed by atoms with E-state index in [-0.39, 0.29) is 0 Å². The predicted octanol–water partition coefficient (Wildman–Crippen LogP) is 2.30. The number of hydrogen-bond donors (Lipinski definition) is 1. The van der Waals surface area contributed by atoms with Crippen LogP contribution in [-0.4, -0.2) is 60.8 Å². The zero-order valence-electron chi connectivity index (χ0n) is 14.5. The molecule has 2 aliphatic heterocycles. The van der Waals surface area contributed by atoms with Gasteiger partial charge in [-0.25, -0.2) is 9.97 Å². The average molecular weight is 339 g/mol. The fourth-order valence-electron chi connectivity index (χ4n) is 3.53. The van der Waals surface area contributed by atoms with Gasteiger partial charge >= 0.3 is 0 Å². The summed E-state index contributed by atoms with van der Waals surface area (Å²) in [7, 11) is 0. The van der Waals surface area contributed by atoms with Gasteiger partial charge in [0, 0.05) is 44.5 Å². The second kappa shape index (κ2) is 7.80. The van der Waals surface area contributed by atoms with Crippen molar-refractivity contribution in [1.29, 1.82) is 0 Å². The lowest BCUT2D eigenvalue weighted by Gasteiger charge is -2.30. The van der Waals surface area contributed by atoms with Crippen molar-refractivity contribution in [2.24, 2.45) is 0 Å². The Bertz CT molecular complexity index is 702. The first-order valence-electron chi connectivity index (χ1n) is 9.11. The molecule has 1 N–H and O–H groups in total. The highest BCUT2D eigenvalue weighted by molar-refractivity contribution is 5.66. The maximum absolute atomic E-state index is 5.39. The number of rotatable bonds is 5. The molecular formula is C19H25N5O. The average Bonchev–Trinajstić information content (AvgIpc) is 2.69. The minimum atomic E-state index is 0.839. The molecule has 1 fully saturated rings. The zero-order chi connectivity index (χ0) is 16.9. The fourth-order valence-corrected chi connectivity index (χ4v) is 3.53. The Hall–Kier alpha value is -2.18. The van der Waals surface area contributed by atoms with Crippen LogP contribution >= 0.6 is 0 Å². The number of nitrogens with zero attached hydrogens (tertiary/aromatic N) is 4. The molecule has 6 heteroatoms. The van der Waals surface area contributed by atoms with Crippen molar-refractivity contribution in [3.63, 3.8) is 0 Å². The van der Waals surface area contributed by atoms with Crippen LogP contribution in [0.2, 0.25) is 0 Å². The van der Waals surface area contributed by atoms with Gasteiger partial charge < -0.3 is 15.0 Å². The molecule has 3 heterocycles. The third kappa shape index (κ3) is 3.91. The molecule has 1 saturated heterocycles. The maximum atomic E-state index is 5.39. The lowest BCUT2D eigenvalue weighted by Crippen LogP contribution is -2.39. The van der Waals surface area contributed by atoms with Crippen molar-refractivity contribution in [2.45, 2.75) is 12.8 Å². The summed E-state index contributed by atoms with van der Waals surface area (Å²) in [5.41, 5.74) is 2.67. The molecule has 0 unspecified atom stereocenters. The Balaban J connectivity index is 1.41. The van der Waals surface area contributed by atoms with Gasteiger partial charge in [-0.2, -0.15) is 0 Å². The topological polar surface area (TPSA) is 53.5 Å². The lowest BCUT2D eigenvalue weighted by molar-refractivity contribution is 0.0398. The van der Waals surface area contributed by atoms with Crippen LogP contribution in [0.1, 0.15) is 12.0 Å². The third-order valence-electron chi connectivity index (χ3n) is 4.88. The molecule has 2 aliphatic rings. The van der Waals surface area contributed by atoms with E-state index in [1.807, 2.05) is 0 Å². The monoisotopic (exact) mass is 339 g/mol. The van der Waals surface area contributed by atoms with Gasteiger partial charge in [-0.3, -0.25) is 4.90 Å². The molecule has 6 nitrogen and oxygen atoms in total. The SMILES string of the molecule is c1ccc2c(c1)CCCN2c1cc(NCCN2CCOCC2)ncn1. The van der Waals surface area contributed by atoms with Gasteiger partial charge in [-0.15, -0.1) is 0 Å². The van der Waals surface area contributed by atoms with E-state index >= 15 is 0 Å². The van der Waals surface area contributed by atoms with E-state index in [4.69, 9.17) is 4.74 Å². The molecule has 0 aliphatic carbocycles. The number of morpholine rings is 1. The molecule has 1 aromatic carbocycles. The smallest absolute Gasteiger partial charge is 0.138 e. The second-order valence-electron chi connectivity index (χ2n) is 6.53.